The van der Waals surface area contributed by atoms with Gasteiger partial charge in [0.05, 0.1) is 5.69 Å². The molecule has 3 aliphatic rings. The van der Waals surface area contributed by atoms with Crippen molar-refractivity contribution in [2.75, 3.05) is 39.3 Å². The van der Waals surface area contributed by atoms with Crippen molar-refractivity contribution >= 4 is 46.9 Å². The molecule has 5 atom stereocenters. The highest BCUT2D eigenvalue weighted by Gasteiger charge is 2.53. The smallest absolute Gasteiger partial charge is 0.410 e. The fourth-order valence-electron chi connectivity index (χ4n) is 9.24. The summed E-state index contributed by atoms with van der Waals surface area (Å²) in [5, 5.41) is 0.965. The highest BCUT2D eigenvalue weighted by molar-refractivity contribution is 5.88. The first-order valence-electron chi connectivity index (χ1n) is 21.8. The van der Waals surface area contributed by atoms with Gasteiger partial charge in [-0.3, -0.25) is 19.2 Å². The van der Waals surface area contributed by atoms with Crippen LogP contribution >= 0.6 is 0 Å². The molecule has 4 heterocycles. The Kier molecular flexibility index (Phi) is 14.8. The first-order chi connectivity index (χ1) is 29.4. The lowest BCUT2D eigenvalue weighted by Gasteiger charge is -2.47. The van der Waals surface area contributed by atoms with Crippen molar-refractivity contribution in [3.8, 4) is 0 Å². The van der Waals surface area contributed by atoms with Gasteiger partial charge in [-0.25, -0.2) is 4.79 Å². The number of amides is 1. The summed E-state index contributed by atoms with van der Waals surface area (Å²) in [5.41, 5.74) is 5.18. The largest absolute Gasteiger partial charge is 0.463 e. The molecule has 0 unspecified atom stereocenters. The fraction of sp³-hybridized carbons (Fsp3) is 0.562. The molecule has 0 radical (unpaired) electrons. The first-order valence-corrected chi connectivity index (χ1v) is 21.8. The van der Waals surface area contributed by atoms with Crippen LogP contribution in [0.4, 0.5) is 4.79 Å². The predicted octanol–water partition coefficient (Wildman–Crippen LogP) is 7.38. The Labute approximate surface area is 364 Å². The molecule has 1 spiro atoms. The second-order valence-corrected chi connectivity index (χ2v) is 18.1. The summed E-state index contributed by atoms with van der Waals surface area (Å²) in [4.78, 5) is 70.1. The van der Waals surface area contributed by atoms with E-state index in [4.69, 9.17) is 28.4 Å². The second-order valence-electron chi connectivity index (χ2n) is 18.1. The molecule has 14 nitrogen and oxygen atoms in total. The number of hydrogen-bond donors (Lipinski definition) is 1. The van der Waals surface area contributed by atoms with Crippen molar-refractivity contribution < 1.29 is 52.4 Å². The number of ether oxygens (including phenoxy) is 6. The number of carbonyl (C=O) groups is 5. The van der Waals surface area contributed by atoms with Crippen LogP contribution in [0, 0.1) is 12.3 Å². The lowest BCUT2D eigenvalue weighted by molar-refractivity contribution is -0.255. The molecule has 3 aromatic rings. The van der Waals surface area contributed by atoms with Crippen LogP contribution in [0.15, 0.2) is 48.5 Å². The topological polar surface area (TPSA) is 163 Å². The van der Waals surface area contributed by atoms with Crippen molar-refractivity contribution in [2.45, 2.75) is 130 Å². The normalized spacial score (nSPS) is 23.0. The number of fused-ring (bicyclic) bond motifs is 1. The number of esters is 4. The maximum Gasteiger partial charge on any atom is 0.410 e. The van der Waals surface area contributed by atoms with Gasteiger partial charge in [0.2, 0.25) is 0 Å². The van der Waals surface area contributed by atoms with Gasteiger partial charge in [0.1, 0.15) is 24.4 Å². The molecule has 3 aliphatic heterocycles. The van der Waals surface area contributed by atoms with E-state index in [0.717, 1.165) is 85.1 Å². The number of nitrogens with zero attached hydrogens (tertiary/aromatic N) is 2. The third-order valence-electron chi connectivity index (χ3n) is 11.9. The average Bonchev–Trinajstić information content (AvgIpc) is 3.56. The van der Waals surface area contributed by atoms with Crippen LogP contribution in [0.3, 0.4) is 0 Å². The van der Waals surface area contributed by atoms with E-state index in [9.17, 15) is 24.0 Å². The van der Waals surface area contributed by atoms with Crippen molar-refractivity contribution in [3.05, 3.63) is 76.5 Å². The van der Waals surface area contributed by atoms with Crippen LogP contribution in [-0.2, 0) is 54.0 Å². The summed E-state index contributed by atoms with van der Waals surface area (Å²) in [6, 6.07) is 14.3. The number of piperidine rings is 2. The summed E-state index contributed by atoms with van der Waals surface area (Å²) in [5.74, 6) is -2.61. The molecule has 14 heteroatoms. The number of aromatic nitrogens is 1. The molecule has 62 heavy (non-hydrogen) atoms. The van der Waals surface area contributed by atoms with Gasteiger partial charge in [-0.05, 0) is 106 Å². The monoisotopic (exact) mass is 857 g/mol. The summed E-state index contributed by atoms with van der Waals surface area (Å²) < 4.78 is 34.8. The fourth-order valence-corrected chi connectivity index (χ4v) is 9.24. The van der Waals surface area contributed by atoms with E-state index in [1.807, 2.05) is 50.8 Å². The number of rotatable bonds is 12. The lowest BCUT2D eigenvalue weighted by atomic mass is 9.72. The van der Waals surface area contributed by atoms with Gasteiger partial charge in [-0.15, -0.1) is 0 Å². The SMILES string of the molecule is CC(=O)OC[C@H]1O[C@H](c2[nH]c3cccc(C)c3c2Cc2ccc(/C=C/CCN3CCCC4(CCN(C(=O)OC(C)(C)C)CC4)C3)cc2)[C@@H](OC(C)=O)[C@H](OC(C)=O)[C@@H]1OC(C)=O. The Bertz CT molecular complexity index is 2110. The molecular weight excluding hydrogens is 795 g/mol. The van der Waals surface area contributed by atoms with Crippen LogP contribution in [0.1, 0.15) is 115 Å². The number of hydrogen-bond acceptors (Lipinski definition) is 12. The summed E-state index contributed by atoms with van der Waals surface area (Å²) in [6.07, 6.45) is 4.08. The van der Waals surface area contributed by atoms with E-state index < -0.39 is 60.0 Å². The van der Waals surface area contributed by atoms with E-state index in [-0.39, 0.29) is 18.1 Å². The maximum atomic E-state index is 12.7. The molecule has 0 saturated carbocycles. The molecule has 1 aromatic heterocycles. The summed E-state index contributed by atoms with van der Waals surface area (Å²) >= 11 is 0. The number of nitrogens with one attached hydrogen (secondary N) is 1. The molecule has 3 saturated heterocycles. The zero-order valence-corrected chi connectivity index (χ0v) is 37.5. The molecule has 0 bridgehead atoms. The molecule has 2 aromatic carbocycles. The van der Waals surface area contributed by atoms with Gasteiger partial charge in [0.15, 0.2) is 18.3 Å². The molecule has 1 N–H and O–H groups in total. The van der Waals surface area contributed by atoms with Gasteiger partial charge in [0.25, 0.3) is 0 Å². The molecule has 3 fully saturated rings. The first kappa shape index (κ1) is 46.3. The van der Waals surface area contributed by atoms with Crippen molar-refractivity contribution in [3.63, 3.8) is 0 Å². The molecule has 0 aliphatic carbocycles. The van der Waals surface area contributed by atoms with Gasteiger partial charge in [-0.1, -0.05) is 48.6 Å². The number of H-pyrrole nitrogens is 1. The van der Waals surface area contributed by atoms with Crippen LogP contribution in [-0.4, -0.2) is 114 Å². The Balaban J connectivity index is 1.17. The number of aryl methyl sites for hydroxylation is 1. The van der Waals surface area contributed by atoms with E-state index in [0.29, 0.717) is 12.1 Å². The Morgan fingerprint density at radius 1 is 0.839 bits per heavy atom. The van der Waals surface area contributed by atoms with Crippen LogP contribution < -0.4 is 0 Å². The number of carbonyl (C=O) groups excluding carboxylic acids is 5. The van der Waals surface area contributed by atoms with Gasteiger partial charge < -0.3 is 43.2 Å². The van der Waals surface area contributed by atoms with E-state index in [1.54, 1.807) is 0 Å². The van der Waals surface area contributed by atoms with Crippen molar-refractivity contribution in [2.24, 2.45) is 5.41 Å². The molecule has 6 rings (SSSR count). The van der Waals surface area contributed by atoms with Gasteiger partial charge in [-0.2, -0.15) is 0 Å². The zero-order chi connectivity index (χ0) is 44.8. The van der Waals surface area contributed by atoms with Crippen LogP contribution in [0.25, 0.3) is 17.0 Å². The highest BCUT2D eigenvalue weighted by Crippen LogP contribution is 2.42. The van der Waals surface area contributed by atoms with Gasteiger partial charge in [0, 0.05) is 64.8 Å². The zero-order valence-electron chi connectivity index (χ0n) is 37.5. The minimum atomic E-state index is -1.29. The van der Waals surface area contributed by atoms with Crippen LogP contribution in [0.5, 0.6) is 0 Å². The quantitative estimate of drug-likeness (QED) is 0.142. The van der Waals surface area contributed by atoms with Crippen molar-refractivity contribution in [1.82, 2.24) is 14.8 Å². The third kappa shape index (κ3) is 11.8. The Morgan fingerprint density at radius 2 is 1.50 bits per heavy atom. The standard InChI is InChI=1S/C48H63N3O11/c1-30-13-11-15-38-40(30)37(41(49-38)43-45(60-34(5)55)44(59-33(4)54)42(58-32(3)53)39(61-43)28-57-31(2)52)27-36-18-16-35(17-19-36)14-9-10-23-50-24-12-20-48(29-50)21-25-51(26-22-48)46(56)62-47(6,7)8/h9,11,13-19,39,42-45,49H,10,12,20-29H2,1-8H3/b14-9+/t39-,42-,43-,44-,45-/m1/s1. The second kappa shape index (κ2) is 19.9. The highest BCUT2D eigenvalue weighted by atomic mass is 16.7. The number of likely N-dealkylation sites (tertiary alicyclic amines) is 2. The minimum absolute atomic E-state index is 0.209. The Hall–Kier alpha value is -5.21. The molecular formula is C48H63N3O11. The summed E-state index contributed by atoms with van der Waals surface area (Å²) in [6.45, 7) is 16.9. The van der Waals surface area contributed by atoms with Gasteiger partial charge >= 0.3 is 30.0 Å². The van der Waals surface area contributed by atoms with Crippen LogP contribution in [0.2, 0.25) is 0 Å². The van der Waals surface area contributed by atoms with E-state index in [1.165, 1.54) is 40.5 Å². The van der Waals surface area contributed by atoms with E-state index >= 15 is 0 Å². The Morgan fingerprint density at radius 3 is 2.15 bits per heavy atom. The lowest BCUT2D eigenvalue weighted by Crippen LogP contribution is -2.59. The van der Waals surface area contributed by atoms with Crippen molar-refractivity contribution in [1.29, 1.82) is 0 Å². The number of aromatic amines is 1. The third-order valence-corrected chi connectivity index (χ3v) is 11.9. The predicted molar refractivity (Wildman–Crippen MR) is 232 cm³/mol. The maximum absolute atomic E-state index is 12.7. The average molecular weight is 858 g/mol. The summed E-state index contributed by atoms with van der Waals surface area (Å²) in [7, 11) is 0. The molecule has 336 valence electrons. The number of benzene rings is 2. The minimum Gasteiger partial charge on any atom is -0.463 e. The molecule has 1 amide bonds. The van der Waals surface area contributed by atoms with E-state index in [2.05, 4.69) is 46.3 Å².